The van der Waals surface area contributed by atoms with E-state index in [0.717, 1.165) is 24.1 Å². The number of ether oxygens (including phenoxy) is 1. The van der Waals surface area contributed by atoms with E-state index in [4.69, 9.17) is 0 Å². The molecule has 0 fully saturated rings. The fourth-order valence-corrected chi connectivity index (χ4v) is 1.74. The number of hydrogen-bond donors (Lipinski definition) is 0. The van der Waals surface area contributed by atoms with Crippen LogP contribution in [0.3, 0.4) is 0 Å². The Kier molecular flexibility index (Phi) is 14.3. The first kappa shape index (κ1) is 23.8. The van der Waals surface area contributed by atoms with Gasteiger partial charge in [-0.2, -0.15) is 0 Å². The summed E-state index contributed by atoms with van der Waals surface area (Å²) < 4.78 is 4.67. The molecule has 0 aliphatic carbocycles. The number of benzene rings is 1. The van der Waals surface area contributed by atoms with E-state index in [1.165, 1.54) is 11.6 Å². The van der Waals surface area contributed by atoms with Gasteiger partial charge in [-0.05, 0) is 29.7 Å². The Labute approximate surface area is 163 Å². The molecule has 2 aromatic rings. The Balaban J connectivity index is 0.000000378. The van der Waals surface area contributed by atoms with Gasteiger partial charge in [-0.3, -0.25) is 4.98 Å². The maximum atomic E-state index is 10.3. The number of carbonyl (C=O) groups is 1. The predicted molar refractivity (Wildman–Crippen MR) is 117 cm³/mol. The van der Waals surface area contributed by atoms with Crippen molar-refractivity contribution in [2.75, 3.05) is 6.61 Å². The minimum atomic E-state index is -0.330. The van der Waals surface area contributed by atoms with E-state index in [1.54, 1.807) is 18.3 Å². The average Bonchev–Trinajstić information content (AvgIpc) is 2.75. The third-order valence-corrected chi connectivity index (χ3v) is 3.23. The summed E-state index contributed by atoms with van der Waals surface area (Å²) in [5, 5.41) is 0. The summed E-state index contributed by atoms with van der Waals surface area (Å²) in [6, 6.07) is 13.9. The summed E-state index contributed by atoms with van der Waals surface area (Å²) in [4.78, 5) is 14.4. The third kappa shape index (κ3) is 11.9. The van der Waals surface area contributed by atoms with Gasteiger partial charge in [0.2, 0.25) is 0 Å². The molecule has 1 heterocycles. The Hall–Kier alpha value is -3.20. The first-order valence-corrected chi connectivity index (χ1v) is 8.79. The molecule has 3 heteroatoms. The largest absolute Gasteiger partial charge is 0.463 e. The van der Waals surface area contributed by atoms with Gasteiger partial charge in [0.1, 0.15) is 0 Å². The minimum absolute atomic E-state index is 0.330. The van der Waals surface area contributed by atoms with E-state index in [0.29, 0.717) is 6.61 Å². The van der Waals surface area contributed by atoms with Crippen LogP contribution in [0.4, 0.5) is 0 Å². The molecule has 0 aliphatic heterocycles. The summed E-state index contributed by atoms with van der Waals surface area (Å²) >= 11 is 0. The second-order valence-corrected chi connectivity index (χ2v) is 5.23. The second-order valence-electron chi connectivity index (χ2n) is 5.23. The fraction of sp³-hybridized carbons (Fsp3) is 0.167. The molecule has 0 atom stereocenters. The molecule has 27 heavy (non-hydrogen) atoms. The highest BCUT2D eigenvalue weighted by Crippen LogP contribution is 2.06. The number of carbonyl (C=O) groups excluding carboxylic acids is 1. The van der Waals surface area contributed by atoms with Gasteiger partial charge in [-0.1, -0.05) is 88.2 Å². The van der Waals surface area contributed by atoms with E-state index in [1.807, 2.05) is 55.5 Å². The molecule has 0 saturated carbocycles. The van der Waals surface area contributed by atoms with E-state index >= 15 is 0 Å². The highest BCUT2D eigenvalue weighted by atomic mass is 16.5. The molecule has 0 N–H and O–H groups in total. The Bertz CT molecular complexity index is 678. The summed E-state index contributed by atoms with van der Waals surface area (Å²) in [6.07, 6.45) is 10.2. The second kappa shape index (κ2) is 16.3. The van der Waals surface area contributed by atoms with Crippen LogP contribution in [-0.4, -0.2) is 17.6 Å². The number of pyridine rings is 1. The molecule has 0 bridgehead atoms. The van der Waals surface area contributed by atoms with Crippen LogP contribution >= 0.6 is 0 Å². The van der Waals surface area contributed by atoms with Gasteiger partial charge in [0.05, 0.1) is 12.3 Å². The third-order valence-electron chi connectivity index (χ3n) is 3.23. The Morgan fingerprint density at radius 3 is 2.15 bits per heavy atom. The summed E-state index contributed by atoms with van der Waals surface area (Å²) in [6.45, 7) is 16.7. The van der Waals surface area contributed by atoms with Gasteiger partial charge in [-0.25, -0.2) is 4.79 Å². The number of hydrogen-bond acceptors (Lipinski definition) is 3. The topological polar surface area (TPSA) is 39.2 Å². The van der Waals surface area contributed by atoms with Crippen molar-refractivity contribution in [3.05, 3.63) is 97.9 Å². The summed E-state index contributed by atoms with van der Waals surface area (Å²) in [5.74, 6) is -0.330. The molecule has 0 unspecified atom stereocenters. The highest BCUT2D eigenvalue weighted by molar-refractivity contribution is 5.81. The minimum Gasteiger partial charge on any atom is -0.463 e. The van der Waals surface area contributed by atoms with Crippen molar-refractivity contribution in [1.29, 1.82) is 0 Å². The maximum Gasteiger partial charge on any atom is 0.330 e. The van der Waals surface area contributed by atoms with Crippen molar-refractivity contribution in [1.82, 2.24) is 4.98 Å². The zero-order valence-electron chi connectivity index (χ0n) is 16.1. The number of rotatable bonds is 7. The monoisotopic (exact) mass is 363 g/mol. The number of nitrogens with zero attached hydrogens (tertiary/aromatic N) is 1. The number of aromatic nitrogens is 1. The van der Waals surface area contributed by atoms with Crippen LogP contribution in [0.1, 0.15) is 36.6 Å². The first-order chi connectivity index (χ1) is 13.1. The lowest BCUT2D eigenvalue weighted by Gasteiger charge is -1.97. The molecule has 0 radical (unpaired) electrons. The SMILES string of the molecule is C=CC(=O)OCCCC.C=Cc1ccccc1.C=Cc1cccnc1C=C. The first-order valence-electron chi connectivity index (χ1n) is 8.79. The van der Waals surface area contributed by atoms with Crippen molar-refractivity contribution in [2.24, 2.45) is 0 Å². The van der Waals surface area contributed by atoms with Gasteiger partial charge in [0, 0.05) is 12.3 Å². The van der Waals surface area contributed by atoms with E-state index in [2.05, 4.69) is 36.0 Å². The van der Waals surface area contributed by atoms with Gasteiger partial charge in [-0.15, -0.1) is 0 Å². The van der Waals surface area contributed by atoms with Crippen LogP contribution in [-0.2, 0) is 9.53 Å². The lowest BCUT2D eigenvalue weighted by Crippen LogP contribution is -2.00. The normalized spacial score (nSPS) is 8.63. The van der Waals surface area contributed by atoms with Crippen LogP contribution in [0.5, 0.6) is 0 Å². The van der Waals surface area contributed by atoms with Gasteiger partial charge in [0.25, 0.3) is 0 Å². The quantitative estimate of drug-likeness (QED) is 0.333. The van der Waals surface area contributed by atoms with Gasteiger partial charge < -0.3 is 4.74 Å². The molecule has 0 amide bonds. The van der Waals surface area contributed by atoms with E-state index < -0.39 is 0 Å². The van der Waals surface area contributed by atoms with Crippen molar-refractivity contribution >= 4 is 24.2 Å². The number of esters is 1. The van der Waals surface area contributed by atoms with Gasteiger partial charge in [0.15, 0.2) is 0 Å². The molecule has 1 aromatic carbocycles. The molecule has 142 valence electrons. The van der Waals surface area contributed by atoms with Crippen molar-refractivity contribution < 1.29 is 9.53 Å². The lowest BCUT2D eigenvalue weighted by atomic mass is 10.2. The van der Waals surface area contributed by atoms with Crippen LogP contribution in [0.2, 0.25) is 0 Å². The van der Waals surface area contributed by atoms with E-state index in [9.17, 15) is 4.79 Å². The van der Waals surface area contributed by atoms with Crippen molar-refractivity contribution in [2.45, 2.75) is 19.8 Å². The maximum absolute atomic E-state index is 10.3. The Morgan fingerprint density at radius 2 is 1.70 bits per heavy atom. The molecule has 1 aromatic heterocycles. The molecule has 0 spiro atoms. The smallest absolute Gasteiger partial charge is 0.330 e. The molecule has 0 aliphatic rings. The van der Waals surface area contributed by atoms with Crippen LogP contribution in [0.25, 0.3) is 18.2 Å². The number of unbranched alkanes of at least 4 members (excludes halogenated alkanes) is 1. The predicted octanol–water partition coefficient (Wildman–Crippen LogP) is 6.21. The zero-order chi connectivity index (χ0) is 20.3. The summed E-state index contributed by atoms with van der Waals surface area (Å²) in [5.41, 5.74) is 3.09. The standard InChI is InChI=1S/C9H9N.C8H8.C7H12O2/c1-3-8-6-5-7-10-9(8)4-2;1-2-8-6-4-3-5-7-8;1-3-5-6-9-7(8)4-2/h3-7H,1-2H2;2-7H,1H2;4H,2-3,5-6H2,1H3. The van der Waals surface area contributed by atoms with Gasteiger partial charge >= 0.3 is 5.97 Å². The van der Waals surface area contributed by atoms with E-state index in [-0.39, 0.29) is 5.97 Å². The van der Waals surface area contributed by atoms with Crippen LogP contribution in [0, 0.1) is 0 Å². The molecule has 3 nitrogen and oxygen atoms in total. The van der Waals surface area contributed by atoms with Crippen molar-refractivity contribution in [3.8, 4) is 0 Å². The zero-order valence-corrected chi connectivity index (χ0v) is 16.1. The fourth-order valence-electron chi connectivity index (χ4n) is 1.74. The van der Waals surface area contributed by atoms with Crippen LogP contribution < -0.4 is 0 Å². The molecule has 0 saturated heterocycles. The molecule has 2 rings (SSSR count). The molecular weight excluding hydrogens is 334 g/mol. The summed E-state index contributed by atoms with van der Waals surface area (Å²) in [7, 11) is 0. The molecular formula is C24H29NO2. The van der Waals surface area contributed by atoms with Crippen molar-refractivity contribution in [3.63, 3.8) is 0 Å². The highest BCUT2D eigenvalue weighted by Gasteiger charge is 1.92. The average molecular weight is 364 g/mol. The van der Waals surface area contributed by atoms with Crippen LogP contribution in [0.15, 0.2) is 81.1 Å². The Morgan fingerprint density at radius 1 is 1.00 bits per heavy atom. The lowest BCUT2D eigenvalue weighted by molar-refractivity contribution is -0.137.